The molecule has 1 spiro atoms. The third kappa shape index (κ3) is 3.22. The van der Waals surface area contributed by atoms with E-state index in [1.165, 1.54) is 19.3 Å². The SMILES string of the molecule is C=CCO[C@H](CC=C)[C@H]1COC2(CCCCC2)O1. The summed E-state index contributed by atoms with van der Waals surface area (Å²) in [7, 11) is 0. The van der Waals surface area contributed by atoms with Crippen molar-refractivity contribution in [1.82, 2.24) is 0 Å². The molecule has 18 heavy (non-hydrogen) atoms. The molecular formula is C15H24O3. The van der Waals surface area contributed by atoms with Crippen LogP contribution < -0.4 is 0 Å². The molecule has 2 rings (SSSR count). The first-order valence-corrected chi connectivity index (χ1v) is 6.95. The Labute approximate surface area is 110 Å². The fourth-order valence-corrected chi connectivity index (χ4v) is 2.80. The van der Waals surface area contributed by atoms with Gasteiger partial charge >= 0.3 is 0 Å². The van der Waals surface area contributed by atoms with Crippen molar-refractivity contribution in [2.45, 2.75) is 56.5 Å². The van der Waals surface area contributed by atoms with Crippen LogP contribution >= 0.6 is 0 Å². The normalized spacial score (nSPS) is 28.1. The van der Waals surface area contributed by atoms with Gasteiger partial charge in [0.2, 0.25) is 0 Å². The van der Waals surface area contributed by atoms with Crippen molar-refractivity contribution in [3.05, 3.63) is 25.3 Å². The number of hydrogen-bond acceptors (Lipinski definition) is 3. The highest BCUT2D eigenvalue weighted by Gasteiger charge is 2.44. The summed E-state index contributed by atoms with van der Waals surface area (Å²) < 4.78 is 17.9. The number of ether oxygens (including phenoxy) is 3. The maximum Gasteiger partial charge on any atom is 0.169 e. The second-order valence-electron chi connectivity index (χ2n) is 5.12. The summed E-state index contributed by atoms with van der Waals surface area (Å²) >= 11 is 0. The molecule has 3 nitrogen and oxygen atoms in total. The average molecular weight is 252 g/mol. The van der Waals surface area contributed by atoms with Crippen molar-refractivity contribution in [2.75, 3.05) is 13.2 Å². The van der Waals surface area contributed by atoms with Crippen LogP contribution in [0.3, 0.4) is 0 Å². The Bertz CT molecular complexity index is 281. The first-order chi connectivity index (χ1) is 8.79. The summed E-state index contributed by atoms with van der Waals surface area (Å²) in [5.74, 6) is -0.320. The molecule has 3 heteroatoms. The molecule has 0 amide bonds. The van der Waals surface area contributed by atoms with Gasteiger partial charge in [-0.15, -0.1) is 13.2 Å². The summed E-state index contributed by atoms with van der Waals surface area (Å²) in [5, 5.41) is 0. The van der Waals surface area contributed by atoms with E-state index in [0.717, 1.165) is 19.3 Å². The summed E-state index contributed by atoms with van der Waals surface area (Å²) in [6.45, 7) is 8.64. The zero-order valence-electron chi connectivity index (χ0n) is 11.1. The fraction of sp³-hybridized carbons (Fsp3) is 0.733. The summed E-state index contributed by atoms with van der Waals surface area (Å²) in [6.07, 6.45) is 10.2. The molecule has 102 valence electrons. The van der Waals surface area contributed by atoms with Crippen LogP contribution in [0.1, 0.15) is 38.5 Å². The molecule has 1 aliphatic carbocycles. The Balaban J connectivity index is 1.91. The quantitative estimate of drug-likeness (QED) is 0.679. The highest BCUT2D eigenvalue weighted by atomic mass is 16.8. The molecule has 2 fully saturated rings. The monoisotopic (exact) mass is 252 g/mol. The van der Waals surface area contributed by atoms with E-state index < -0.39 is 0 Å². The predicted octanol–water partition coefficient (Wildman–Crippen LogP) is 3.21. The zero-order chi connectivity index (χ0) is 12.8. The second-order valence-corrected chi connectivity index (χ2v) is 5.12. The lowest BCUT2D eigenvalue weighted by atomic mass is 9.94. The highest BCUT2D eigenvalue weighted by Crippen LogP contribution is 2.39. The zero-order valence-corrected chi connectivity index (χ0v) is 11.1. The topological polar surface area (TPSA) is 27.7 Å². The van der Waals surface area contributed by atoms with E-state index >= 15 is 0 Å². The van der Waals surface area contributed by atoms with Gasteiger partial charge in [-0.2, -0.15) is 0 Å². The van der Waals surface area contributed by atoms with E-state index in [9.17, 15) is 0 Å². The van der Waals surface area contributed by atoms with Crippen LogP contribution in [0.5, 0.6) is 0 Å². The number of hydrogen-bond donors (Lipinski definition) is 0. The van der Waals surface area contributed by atoms with E-state index in [2.05, 4.69) is 13.2 Å². The van der Waals surface area contributed by atoms with Crippen molar-refractivity contribution in [1.29, 1.82) is 0 Å². The van der Waals surface area contributed by atoms with E-state index in [0.29, 0.717) is 13.2 Å². The van der Waals surface area contributed by atoms with Gasteiger partial charge in [0.1, 0.15) is 6.10 Å². The summed E-state index contributed by atoms with van der Waals surface area (Å²) in [4.78, 5) is 0. The minimum absolute atomic E-state index is 0.0287. The Kier molecular flexibility index (Phi) is 4.98. The third-order valence-electron chi connectivity index (χ3n) is 3.73. The molecule has 1 aliphatic heterocycles. The first-order valence-electron chi connectivity index (χ1n) is 6.95. The van der Waals surface area contributed by atoms with Crippen LogP contribution in [0.25, 0.3) is 0 Å². The molecule has 0 aromatic carbocycles. The van der Waals surface area contributed by atoms with Crippen molar-refractivity contribution < 1.29 is 14.2 Å². The van der Waals surface area contributed by atoms with Crippen LogP contribution in [-0.2, 0) is 14.2 Å². The van der Waals surface area contributed by atoms with Gasteiger partial charge in [0, 0.05) is 12.8 Å². The van der Waals surface area contributed by atoms with Gasteiger partial charge in [0.15, 0.2) is 5.79 Å². The first kappa shape index (κ1) is 13.8. The fourth-order valence-electron chi connectivity index (χ4n) is 2.80. The van der Waals surface area contributed by atoms with E-state index in [1.54, 1.807) is 6.08 Å². The molecular weight excluding hydrogens is 228 g/mol. The lowest BCUT2D eigenvalue weighted by Gasteiger charge is -2.32. The molecule has 1 saturated heterocycles. The van der Waals surface area contributed by atoms with Crippen LogP contribution in [0, 0.1) is 0 Å². The van der Waals surface area contributed by atoms with Gasteiger partial charge < -0.3 is 14.2 Å². The molecule has 0 unspecified atom stereocenters. The molecule has 1 saturated carbocycles. The van der Waals surface area contributed by atoms with E-state index in [4.69, 9.17) is 14.2 Å². The Morgan fingerprint density at radius 2 is 2.00 bits per heavy atom. The van der Waals surface area contributed by atoms with E-state index in [-0.39, 0.29) is 18.0 Å². The van der Waals surface area contributed by atoms with Crippen LogP contribution in [0.15, 0.2) is 25.3 Å². The standard InChI is InChI=1S/C15H24O3/c1-3-8-13(16-11-4-2)14-12-17-15(18-14)9-6-5-7-10-15/h3-4,13-14H,1-2,5-12H2/t13-,14-/m1/s1. The molecule has 0 radical (unpaired) electrons. The molecule has 2 atom stereocenters. The molecule has 0 aromatic heterocycles. The van der Waals surface area contributed by atoms with Crippen molar-refractivity contribution in [2.24, 2.45) is 0 Å². The van der Waals surface area contributed by atoms with Crippen LogP contribution in [0.4, 0.5) is 0 Å². The largest absolute Gasteiger partial charge is 0.371 e. The minimum atomic E-state index is -0.320. The maximum atomic E-state index is 6.17. The Hall–Kier alpha value is -0.640. The molecule has 1 heterocycles. The highest BCUT2D eigenvalue weighted by molar-refractivity contribution is 4.89. The van der Waals surface area contributed by atoms with Crippen molar-refractivity contribution >= 4 is 0 Å². The lowest BCUT2D eigenvalue weighted by Crippen LogP contribution is -2.36. The third-order valence-corrected chi connectivity index (χ3v) is 3.73. The molecule has 2 aliphatic rings. The Morgan fingerprint density at radius 1 is 1.22 bits per heavy atom. The van der Waals surface area contributed by atoms with Gasteiger partial charge in [0.05, 0.1) is 19.3 Å². The molecule has 0 aromatic rings. The van der Waals surface area contributed by atoms with Gasteiger partial charge in [-0.25, -0.2) is 0 Å². The maximum absolute atomic E-state index is 6.17. The average Bonchev–Trinajstić information content (AvgIpc) is 2.79. The molecule has 0 N–H and O–H groups in total. The van der Waals surface area contributed by atoms with Gasteiger partial charge in [-0.05, 0) is 19.3 Å². The second kappa shape index (κ2) is 6.50. The Morgan fingerprint density at radius 3 is 2.67 bits per heavy atom. The summed E-state index contributed by atoms with van der Waals surface area (Å²) in [5.41, 5.74) is 0. The van der Waals surface area contributed by atoms with Crippen molar-refractivity contribution in [3.8, 4) is 0 Å². The van der Waals surface area contributed by atoms with Gasteiger partial charge in [-0.1, -0.05) is 18.6 Å². The summed E-state index contributed by atoms with van der Waals surface area (Å²) in [6, 6.07) is 0. The van der Waals surface area contributed by atoms with Crippen molar-refractivity contribution in [3.63, 3.8) is 0 Å². The lowest BCUT2D eigenvalue weighted by molar-refractivity contribution is -0.197. The predicted molar refractivity (Wildman–Crippen MR) is 71.4 cm³/mol. The van der Waals surface area contributed by atoms with Gasteiger partial charge in [-0.3, -0.25) is 0 Å². The van der Waals surface area contributed by atoms with Crippen LogP contribution in [-0.4, -0.2) is 31.2 Å². The van der Waals surface area contributed by atoms with Gasteiger partial charge in [0.25, 0.3) is 0 Å². The number of rotatable bonds is 6. The smallest absolute Gasteiger partial charge is 0.169 e. The van der Waals surface area contributed by atoms with Crippen LogP contribution in [0.2, 0.25) is 0 Å². The van der Waals surface area contributed by atoms with E-state index in [1.807, 2.05) is 6.08 Å². The minimum Gasteiger partial charge on any atom is -0.371 e. The molecule has 0 bridgehead atoms.